The first kappa shape index (κ1) is 15.6. The summed E-state index contributed by atoms with van der Waals surface area (Å²) in [6.45, 7) is 12.5. The van der Waals surface area contributed by atoms with Gasteiger partial charge in [0.1, 0.15) is 6.04 Å². The van der Waals surface area contributed by atoms with Crippen LogP contribution in [0.1, 0.15) is 44.4 Å². The van der Waals surface area contributed by atoms with E-state index in [4.69, 9.17) is 5.84 Å². The van der Waals surface area contributed by atoms with Crippen molar-refractivity contribution in [3.8, 4) is 0 Å². The number of nitrogens with zero attached hydrogens (tertiary/aromatic N) is 1. The number of amides is 1. The second-order valence-corrected chi connectivity index (χ2v) is 6.49. The zero-order chi connectivity index (χ0) is 15.9. The Bertz CT molecular complexity index is 617. The van der Waals surface area contributed by atoms with Crippen molar-refractivity contribution in [2.45, 2.75) is 53.1 Å². The number of hydrogen-bond acceptors (Lipinski definition) is 3. The van der Waals surface area contributed by atoms with E-state index in [0.29, 0.717) is 0 Å². The van der Waals surface area contributed by atoms with E-state index in [-0.39, 0.29) is 17.5 Å². The summed E-state index contributed by atoms with van der Waals surface area (Å²) < 4.78 is 0. The summed E-state index contributed by atoms with van der Waals surface area (Å²) >= 11 is 0. The molecule has 1 heterocycles. The van der Waals surface area contributed by atoms with E-state index in [1.807, 2.05) is 6.92 Å². The number of aryl methyl sites for hydroxylation is 2. The third-order valence-electron chi connectivity index (χ3n) is 4.40. The summed E-state index contributed by atoms with van der Waals surface area (Å²) in [7, 11) is 0. The van der Waals surface area contributed by atoms with Crippen LogP contribution in [-0.2, 0) is 4.79 Å². The molecule has 1 atom stereocenters. The summed E-state index contributed by atoms with van der Waals surface area (Å²) in [6, 6.07) is 4.03. The molecule has 0 spiro atoms. The minimum absolute atomic E-state index is 0.180. The first-order chi connectivity index (χ1) is 9.69. The predicted octanol–water partition coefficient (Wildman–Crippen LogP) is 2.68. The number of hydrogen-bond donors (Lipinski definition) is 2. The molecule has 0 aromatic heterocycles. The highest BCUT2D eigenvalue weighted by molar-refractivity contribution is 5.89. The van der Waals surface area contributed by atoms with E-state index in [1.54, 1.807) is 0 Å². The Morgan fingerprint density at radius 3 is 2.38 bits per heavy atom. The van der Waals surface area contributed by atoms with Gasteiger partial charge in [-0.05, 0) is 70.4 Å². The van der Waals surface area contributed by atoms with Gasteiger partial charge < -0.3 is 4.90 Å². The molecule has 1 aliphatic rings. The van der Waals surface area contributed by atoms with Crippen LogP contribution in [0.2, 0.25) is 0 Å². The SMILES string of the molecule is CC1=CC(C)(C)N([C@H](C)C(=O)NN)c2cc(C)c(C)cc21. The van der Waals surface area contributed by atoms with E-state index in [1.165, 1.54) is 22.3 Å². The average molecular weight is 287 g/mol. The fourth-order valence-electron chi connectivity index (χ4n) is 3.25. The van der Waals surface area contributed by atoms with Crippen LogP contribution in [0.3, 0.4) is 0 Å². The van der Waals surface area contributed by atoms with Crippen molar-refractivity contribution in [1.29, 1.82) is 0 Å². The molecule has 0 fully saturated rings. The van der Waals surface area contributed by atoms with Gasteiger partial charge in [0.05, 0.1) is 5.54 Å². The van der Waals surface area contributed by atoms with Crippen LogP contribution in [-0.4, -0.2) is 17.5 Å². The third kappa shape index (κ3) is 2.56. The Hall–Kier alpha value is -1.81. The molecular formula is C17H25N3O. The maximum atomic E-state index is 12.0. The van der Waals surface area contributed by atoms with E-state index in [9.17, 15) is 4.79 Å². The van der Waals surface area contributed by atoms with Crippen LogP contribution in [0, 0.1) is 13.8 Å². The molecule has 1 aromatic carbocycles. The summed E-state index contributed by atoms with van der Waals surface area (Å²) in [5, 5.41) is 0. The van der Waals surface area contributed by atoms with Gasteiger partial charge in [0, 0.05) is 11.3 Å². The number of hydrazine groups is 1. The van der Waals surface area contributed by atoms with Gasteiger partial charge in [-0.1, -0.05) is 6.08 Å². The molecule has 0 saturated carbocycles. The monoisotopic (exact) mass is 287 g/mol. The third-order valence-corrected chi connectivity index (χ3v) is 4.40. The number of anilines is 1. The summed E-state index contributed by atoms with van der Waals surface area (Å²) in [5.41, 5.74) is 8.04. The molecule has 1 aliphatic heterocycles. The Morgan fingerprint density at radius 1 is 1.24 bits per heavy atom. The van der Waals surface area contributed by atoms with Gasteiger partial charge >= 0.3 is 0 Å². The van der Waals surface area contributed by atoms with E-state index >= 15 is 0 Å². The number of carbonyl (C=O) groups is 1. The molecular weight excluding hydrogens is 262 g/mol. The Kier molecular flexibility index (Phi) is 3.85. The lowest BCUT2D eigenvalue weighted by atomic mass is 9.86. The molecule has 1 aromatic rings. The van der Waals surface area contributed by atoms with Gasteiger partial charge in [-0.3, -0.25) is 10.2 Å². The van der Waals surface area contributed by atoms with Crippen molar-refractivity contribution < 1.29 is 4.79 Å². The van der Waals surface area contributed by atoms with Crippen LogP contribution in [0.15, 0.2) is 18.2 Å². The number of benzene rings is 1. The Morgan fingerprint density at radius 2 is 1.81 bits per heavy atom. The molecule has 0 saturated heterocycles. The largest absolute Gasteiger partial charge is 0.351 e. The highest BCUT2D eigenvalue weighted by Gasteiger charge is 2.37. The van der Waals surface area contributed by atoms with Crippen molar-refractivity contribution in [1.82, 2.24) is 5.43 Å². The number of nitrogens with two attached hydrogens (primary N) is 1. The van der Waals surface area contributed by atoms with Crippen LogP contribution < -0.4 is 16.2 Å². The lowest BCUT2D eigenvalue weighted by Crippen LogP contribution is -2.56. The molecule has 4 heteroatoms. The second-order valence-electron chi connectivity index (χ2n) is 6.49. The molecule has 0 bridgehead atoms. The van der Waals surface area contributed by atoms with Crippen LogP contribution in [0.25, 0.3) is 5.57 Å². The first-order valence-electron chi connectivity index (χ1n) is 7.30. The van der Waals surface area contributed by atoms with Crippen molar-refractivity contribution in [3.63, 3.8) is 0 Å². The molecule has 0 aliphatic carbocycles. The zero-order valence-electron chi connectivity index (χ0n) is 13.7. The van der Waals surface area contributed by atoms with E-state index in [2.05, 4.69) is 63.2 Å². The van der Waals surface area contributed by atoms with Crippen molar-refractivity contribution in [2.75, 3.05) is 4.90 Å². The average Bonchev–Trinajstić information content (AvgIpc) is 2.39. The maximum absolute atomic E-state index is 12.0. The van der Waals surface area contributed by atoms with Gasteiger partial charge in [-0.25, -0.2) is 5.84 Å². The van der Waals surface area contributed by atoms with Gasteiger partial charge in [-0.2, -0.15) is 0 Å². The van der Waals surface area contributed by atoms with E-state index in [0.717, 1.165) is 5.69 Å². The van der Waals surface area contributed by atoms with Gasteiger partial charge in [0.2, 0.25) is 0 Å². The molecule has 0 radical (unpaired) electrons. The first-order valence-corrected chi connectivity index (χ1v) is 7.30. The summed E-state index contributed by atoms with van der Waals surface area (Å²) in [4.78, 5) is 14.2. The lowest BCUT2D eigenvalue weighted by Gasteiger charge is -2.46. The number of rotatable bonds is 2. The fourth-order valence-corrected chi connectivity index (χ4v) is 3.25. The molecule has 21 heavy (non-hydrogen) atoms. The molecule has 114 valence electrons. The minimum Gasteiger partial charge on any atom is -0.351 e. The van der Waals surface area contributed by atoms with Gasteiger partial charge in [0.15, 0.2) is 0 Å². The fraction of sp³-hybridized carbons (Fsp3) is 0.471. The molecule has 4 nitrogen and oxygen atoms in total. The van der Waals surface area contributed by atoms with Gasteiger partial charge in [-0.15, -0.1) is 0 Å². The van der Waals surface area contributed by atoms with Crippen molar-refractivity contribution in [3.05, 3.63) is 34.9 Å². The number of allylic oxidation sites excluding steroid dienone is 1. The summed E-state index contributed by atoms with van der Waals surface area (Å²) in [5.74, 6) is 5.15. The second kappa shape index (κ2) is 5.19. The van der Waals surface area contributed by atoms with Crippen LogP contribution >= 0.6 is 0 Å². The lowest BCUT2D eigenvalue weighted by molar-refractivity contribution is -0.122. The topological polar surface area (TPSA) is 58.4 Å². The highest BCUT2D eigenvalue weighted by atomic mass is 16.2. The highest BCUT2D eigenvalue weighted by Crippen LogP contribution is 2.41. The maximum Gasteiger partial charge on any atom is 0.256 e. The Balaban J connectivity index is 2.66. The minimum atomic E-state index is -0.338. The zero-order valence-corrected chi connectivity index (χ0v) is 13.7. The normalized spacial score (nSPS) is 17.9. The van der Waals surface area contributed by atoms with Crippen molar-refractivity contribution >= 4 is 17.2 Å². The summed E-state index contributed by atoms with van der Waals surface area (Å²) in [6.07, 6.45) is 2.21. The number of fused-ring (bicyclic) bond motifs is 1. The van der Waals surface area contributed by atoms with Crippen LogP contribution in [0.5, 0.6) is 0 Å². The number of nitrogens with one attached hydrogen (secondary N) is 1. The van der Waals surface area contributed by atoms with Gasteiger partial charge in [0.25, 0.3) is 5.91 Å². The molecule has 2 rings (SSSR count). The number of carbonyl (C=O) groups excluding carboxylic acids is 1. The quantitative estimate of drug-likeness (QED) is 0.499. The smallest absolute Gasteiger partial charge is 0.256 e. The predicted molar refractivity (Wildman–Crippen MR) is 87.9 cm³/mol. The molecule has 0 unspecified atom stereocenters. The molecule has 1 amide bonds. The van der Waals surface area contributed by atoms with Crippen LogP contribution in [0.4, 0.5) is 5.69 Å². The standard InChI is InChI=1S/C17H25N3O/c1-10-7-14-12(3)9-17(5,6)20(13(4)16(21)19-18)15(14)8-11(10)2/h7-9,13H,18H2,1-6H3,(H,19,21)/t13-/m1/s1. The van der Waals surface area contributed by atoms with E-state index < -0.39 is 0 Å². The molecule has 3 N–H and O–H groups in total. The Labute approximate surface area is 127 Å². The van der Waals surface area contributed by atoms with Crippen molar-refractivity contribution in [2.24, 2.45) is 5.84 Å².